The number of aromatic nitrogens is 2. The van der Waals surface area contributed by atoms with Crippen LogP contribution in [0.5, 0.6) is 5.75 Å². The van der Waals surface area contributed by atoms with Crippen LogP contribution in [0.1, 0.15) is 11.7 Å². The zero-order chi connectivity index (χ0) is 16.7. The molecule has 0 bridgehead atoms. The van der Waals surface area contributed by atoms with Gasteiger partial charge >= 0.3 is 5.69 Å². The minimum absolute atomic E-state index is 0.00228. The van der Waals surface area contributed by atoms with Crippen molar-refractivity contribution in [1.82, 2.24) is 9.78 Å². The monoisotopic (exact) mass is 322 g/mol. The number of para-hydroxylation sites is 1. The standard InChI is InChI=1S/C17H14N4O3/c1-24-12-8-6-11(7-9-12)17-19-14-5-3-2-4-13(14)16-15(21(22)23)10-18-20(16)17/h2-10,17,19H,1H3. The summed E-state index contributed by atoms with van der Waals surface area (Å²) in [6, 6.07) is 15.1. The maximum Gasteiger partial charge on any atom is 0.315 e. The molecule has 1 aliphatic rings. The molecule has 1 aliphatic heterocycles. The smallest absolute Gasteiger partial charge is 0.315 e. The first-order valence-electron chi connectivity index (χ1n) is 7.41. The fraction of sp³-hybridized carbons (Fsp3) is 0.118. The van der Waals surface area contributed by atoms with Gasteiger partial charge in [-0.05, 0) is 23.8 Å². The van der Waals surface area contributed by atoms with Crippen molar-refractivity contribution in [3.05, 3.63) is 70.4 Å². The quantitative estimate of drug-likeness (QED) is 0.590. The van der Waals surface area contributed by atoms with Crippen LogP contribution in [0.4, 0.5) is 11.4 Å². The van der Waals surface area contributed by atoms with E-state index in [1.165, 1.54) is 6.20 Å². The number of hydrogen-bond donors (Lipinski definition) is 1. The summed E-state index contributed by atoms with van der Waals surface area (Å²) >= 11 is 0. The zero-order valence-electron chi connectivity index (χ0n) is 12.8. The number of nitrogens with one attached hydrogen (secondary N) is 1. The first-order valence-corrected chi connectivity index (χ1v) is 7.41. The molecule has 7 nitrogen and oxygen atoms in total. The lowest BCUT2D eigenvalue weighted by atomic mass is 10.0. The maximum absolute atomic E-state index is 11.4. The predicted octanol–water partition coefficient (Wildman–Crippen LogP) is 3.44. The second kappa shape index (κ2) is 5.38. The lowest BCUT2D eigenvalue weighted by Gasteiger charge is -2.28. The highest BCUT2D eigenvalue weighted by molar-refractivity contribution is 5.83. The number of ether oxygens (including phenoxy) is 1. The minimum Gasteiger partial charge on any atom is -0.497 e. The largest absolute Gasteiger partial charge is 0.497 e. The van der Waals surface area contributed by atoms with Crippen molar-refractivity contribution >= 4 is 11.4 Å². The molecule has 1 N–H and O–H groups in total. The van der Waals surface area contributed by atoms with E-state index in [4.69, 9.17) is 4.74 Å². The number of anilines is 1. The van der Waals surface area contributed by atoms with E-state index in [1.807, 2.05) is 48.5 Å². The van der Waals surface area contributed by atoms with Crippen LogP contribution in [0.3, 0.4) is 0 Å². The lowest BCUT2D eigenvalue weighted by molar-refractivity contribution is -0.384. The van der Waals surface area contributed by atoms with Crippen molar-refractivity contribution in [2.45, 2.75) is 6.17 Å². The Morgan fingerprint density at radius 2 is 1.96 bits per heavy atom. The van der Waals surface area contributed by atoms with Crippen LogP contribution in [0.15, 0.2) is 54.7 Å². The van der Waals surface area contributed by atoms with E-state index in [1.54, 1.807) is 11.8 Å². The maximum atomic E-state index is 11.4. The Bertz CT molecular complexity index is 918. The number of rotatable bonds is 3. The Balaban J connectivity index is 1.89. The molecular weight excluding hydrogens is 308 g/mol. The Kier molecular flexibility index (Phi) is 3.19. The summed E-state index contributed by atoms with van der Waals surface area (Å²) in [4.78, 5) is 11.0. The first-order chi connectivity index (χ1) is 11.7. The molecule has 2 aromatic carbocycles. The van der Waals surface area contributed by atoms with Crippen LogP contribution in [0, 0.1) is 10.1 Å². The van der Waals surface area contributed by atoms with Gasteiger partial charge in [0.15, 0.2) is 5.69 Å². The molecule has 0 spiro atoms. The average molecular weight is 322 g/mol. The van der Waals surface area contributed by atoms with Crippen molar-refractivity contribution in [3.63, 3.8) is 0 Å². The summed E-state index contributed by atoms with van der Waals surface area (Å²) in [6.45, 7) is 0. The Morgan fingerprint density at radius 3 is 2.67 bits per heavy atom. The zero-order valence-corrected chi connectivity index (χ0v) is 12.8. The number of fused-ring (bicyclic) bond motifs is 3. The van der Waals surface area contributed by atoms with E-state index in [0.29, 0.717) is 5.69 Å². The molecule has 24 heavy (non-hydrogen) atoms. The van der Waals surface area contributed by atoms with E-state index in [-0.39, 0.29) is 11.9 Å². The first kappa shape index (κ1) is 14.3. The second-order valence-electron chi connectivity index (χ2n) is 5.45. The average Bonchev–Trinajstić information content (AvgIpc) is 3.07. The van der Waals surface area contributed by atoms with E-state index in [9.17, 15) is 10.1 Å². The molecule has 0 fully saturated rings. The third-order valence-electron chi connectivity index (χ3n) is 4.12. The van der Waals surface area contributed by atoms with E-state index < -0.39 is 4.92 Å². The van der Waals surface area contributed by atoms with Gasteiger partial charge in [-0.25, -0.2) is 4.68 Å². The van der Waals surface area contributed by atoms with Gasteiger partial charge < -0.3 is 10.1 Å². The fourth-order valence-electron chi connectivity index (χ4n) is 2.98. The third-order valence-corrected chi connectivity index (χ3v) is 4.12. The summed E-state index contributed by atoms with van der Waals surface area (Å²) in [5.74, 6) is 0.752. The van der Waals surface area contributed by atoms with Crippen molar-refractivity contribution < 1.29 is 9.66 Å². The van der Waals surface area contributed by atoms with Gasteiger partial charge in [0.05, 0.1) is 12.0 Å². The molecule has 0 saturated carbocycles. The van der Waals surface area contributed by atoms with Gasteiger partial charge in [0, 0.05) is 11.3 Å². The van der Waals surface area contributed by atoms with Gasteiger partial charge in [-0.15, -0.1) is 0 Å². The fourth-order valence-corrected chi connectivity index (χ4v) is 2.98. The highest BCUT2D eigenvalue weighted by atomic mass is 16.6. The van der Waals surface area contributed by atoms with Crippen LogP contribution >= 0.6 is 0 Å². The van der Waals surface area contributed by atoms with Gasteiger partial charge in [-0.3, -0.25) is 10.1 Å². The molecule has 0 amide bonds. The van der Waals surface area contributed by atoms with Gasteiger partial charge in [0.2, 0.25) is 0 Å². The third kappa shape index (κ3) is 2.10. The van der Waals surface area contributed by atoms with Crippen LogP contribution in [0.25, 0.3) is 11.3 Å². The van der Waals surface area contributed by atoms with Crippen LogP contribution < -0.4 is 10.1 Å². The second-order valence-corrected chi connectivity index (χ2v) is 5.45. The van der Waals surface area contributed by atoms with Gasteiger partial charge in [0.1, 0.15) is 18.1 Å². The summed E-state index contributed by atoms with van der Waals surface area (Å²) in [5, 5.41) is 19.0. The predicted molar refractivity (Wildman–Crippen MR) is 89.1 cm³/mol. The number of nitro groups is 1. The van der Waals surface area contributed by atoms with Gasteiger partial charge in [-0.2, -0.15) is 5.10 Å². The molecule has 4 rings (SSSR count). The SMILES string of the molecule is COc1ccc(C2Nc3ccccc3-c3c([N+](=O)[O-])cnn32)cc1. The van der Waals surface area contributed by atoms with E-state index >= 15 is 0 Å². The normalized spacial score (nSPS) is 15.1. The minimum atomic E-state index is -0.397. The van der Waals surface area contributed by atoms with Crippen LogP contribution in [-0.4, -0.2) is 21.8 Å². The molecule has 1 atom stereocenters. The van der Waals surface area contributed by atoms with Crippen molar-refractivity contribution in [3.8, 4) is 17.0 Å². The topological polar surface area (TPSA) is 82.2 Å². The molecule has 7 heteroatoms. The summed E-state index contributed by atoms with van der Waals surface area (Å²) in [5.41, 5.74) is 3.06. The molecule has 0 saturated heterocycles. The molecule has 0 aliphatic carbocycles. The summed E-state index contributed by atoms with van der Waals surface area (Å²) < 4.78 is 6.84. The molecular formula is C17H14N4O3. The van der Waals surface area contributed by atoms with Crippen molar-refractivity contribution in [1.29, 1.82) is 0 Å². The van der Waals surface area contributed by atoms with Gasteiger partial charge in [0.25, 0.3) is 0 Å². The lowest BCUT2D eigenvalue weighted by Crippen LogP contribution is -2.25. The van der Waals surface area contributed by atoms with Crippen LogP contribution in [0.2, 0.25) is 0 Å². The molecule has 2 heterocycles. The summed E-state index contributed by atoms with van der Waals surface area (Å²) in [7, 11) is 1.61. The molecule has 1 unspecified atom stereocenters. The number of hydrogen-bond acceptors (Lipinski definition) is 5. The highest BCUT2D eigenvalue weighted by Gasteiger charge is 2.32. The van der Waals surface area contributed by atoms with Gasteiger partial charge in [-0.1, -0.05) is 30.3 Å². The molecule has 3 aromatic rings. The number of nitrogens with zero attached hydrogens (tertiary/aromatic N) is 3. The van der Waals surface area contributed by atoms with E-state index in [0.717, 1.165) is 22.6 Å². The van der Waals surface area contributed by atoms with Crippen molar-refractivity contribution in [2.75, 3.05) is 12.4 Å². The van der Waals surface area contributed by atoms with Crippen molar-refractivity contribution in [2.24, 2.45) is 0 Å². The molecule has 1 aromatic heterocycles. The Hall–Kier alpha value is -3.35. The molecule has 0 radical (unpaired) electrons. The van der Waals surface area contributed by atoms with E-state index in [2.05, 4.69) is 10.4 Å². The number of benzene rings is 2. The summed E-state index contributed by atoms with van der Waals surface area (Å²) in [6.07, 6.45) is 0.977. The highest BCUT2D eigenvalue weighted by Crippen LogP contribution is 2.42. The Labute approximate surface area is 137 Å². The Morgan fingerprint density at radius 1 is 1.21 bits per heavy atom. The molecule has 120 valence electrons. The number of methoxy groups -OCH3 is 1. The van der Waals surface area contributed by atoms with Crippen LogP contribution in [-0.2, 0) is 0 Å².